The largest absolute Gasteiger partial charge is 0.490 e. The van der Waals surface area contributed by atoms with Crippen molar-refractivity contribution in [3.05, 3.63) is 106 Å². The molecule has 4 aromatic carbocycles. The lowest BCUT2D eigenvalue weighted by Gasteiger charge is -2.16. The fraction of sp³-hybridized carbons (Fsp3) is 0.103. The Hall–Kier alpha value is -4.15. The zero-order valence-corrected chi connectivity index (χ0v) is 21.0. The molecule has 36 heavy (non-hydrogen) atoms. The van der Waals surface area contributed by atoms with Crippen LogP contribution >= 0.6 is 15.9 Å². The van der Waals surface area contributed by atoms with Crippen LogP contribution in [-0.4, -0.2) is 12.5 Å². The number of ether oxygens (including phenoxy) is 2. The molecule has 0 saturated heterocycles. The maximum absolute atomic E-state index is 13.9. The number of nitrogens with zero attached hydrogens (tertiary/aromatic N) is 1. The minimum atomic E-state index is -0.715. The molecule has 0 aliphatic rings. The first-order chi connectivity index (χ1) is 17.5. The number of hydrogen-bond donors (Lipinski definition) is 1. The quantitative estimate of drug-likeness (QED) is 0.187. The van der Waals surface area contributed by atoms with Crippen molar-refractivity contribution < 1.29 is 18.7 Å². The highest BCUT2D eigenvalue weighted by molar-refractivity contribution is 9.10. The molecule has 1 amide bonds. The van der Waals surface area contributed by atoms with Gasteiger partial charge < -0.3 is 14.8 Å². The highest BCUT2D eigenvalue weighted by Gasteiger charge is 2.16. The lowest BCUT2D eigenvalue weighted by molar-refractivity contribution is -0.112. The third-order valence-electron chi connectivity index (χ3n) is 5.38. The van der Waals surface area contributed by atoms with Gasteiger partial charge in [-0.25, -0.2) is 4.39 Å². The van der Waals surface area contributed by atoms with Gasteiger partial charge in [-0.15, -0.1) is 0 Å². The van der Waals surface area contributed by atoms with Crippen LogP contribution in [0.4, 0.5) is 10.1 Å². The van der Waals surface area contributed by atoms with E-state index in [2.05, 4.69) is 39.4 Å². The minimum absolute atomic E-state index is 0.00276. The molecule has 4 aromatic rings. The molecule has 0 aliphatic carbocycles. The number of carbonyl (C=O) groups is 1. The van der Waals surface area contributed by atoms with E-state index in [0.29, 0.717) is 34.7 Å². The van der Waals surface area contributed by atoms with Crippen LogP contribution in [-0.2, 0) is 11.4 Å². The predicted molar refractivity (Wildman–Crippen MR) is 142 cm³/mol. The fourth-order valence-corrected chi connectivity index (χ4v) is 4.28. The summed E-state index contributed by atoms with van der Waals surface area (Å²) >= 11 is 3.54. The number of nitriles is 1. The number of para-hydroxylation sites is 1. The van der Waals surface area contributed by atoms with Crippen molar-refractivity contribution in [1.29, 1.82) is 5.26 Å². The van der Waals surface area contributed by atoms with Gasteiger partial charge in [0.2, 0.25) is 0 Å². The second kappa shape index (κ2) is 11.5. The molecule has 0 bridgehead atoms. The van der Waals surface area contributed by atoms with Crippen molar-refractivity contribution in [1.82, 2.24) is 0 Å². The van der Waals surface area contributed by atoms with Crippen LogP contribution in [0.2, 0.25) is 0 Å². The van der Waals surface area contributed by atoms with E-state index >= 15 is 0 Å². The average molecular weight is 545 g/mol. The van der Waals surface area contributed by atoms with E-state index < -0.39 is 11.7 Å². The summed E-state index contributed by atoms with van der Waals surface area (Å²) in [6, 6.07) is 25.2. The molecule has 0 aromatic heterocycles. The van der Waals surface area contributed by atoms with E-state index in [1.54, 1.807) is 18.2 Å². The van der Waals surface area contributed by atoms with Crippen molar-refractivity contribution in [2.45, 2.75) is 13.5 Å². The van der Waals surface area contributed by atoms with Gasteiger partial charge >= 0.3 is 0 Å². The number of amides is 1. The average Bonchev–Trinajstić information content (AvgIpc) is 2.88. The van der Waals surface area contributed by atoms with Crippen LogP contribution in [0.25, 0.3) is 16.8 Å². The smallest absolute Gasteiger partial charge is 0.266 e. The summed E-state index contributed by atoms with van der Waals surface area (Å²) in [5.41, 5.74) is 1.39. The molecule has 180 valence electrons. The number of fused-ring (bicyclic) bond motifs is 1. The molecule has 0 fully saturated rings. The first-order valence-corrected chi connectivity index (χ1v) is 12.0. The Kier molecular flexibility index (Phi) is 7.99. The maximum Gasteiger partial charge on any atom is 0.266 e. The summed E-state index contributed by atoms with van der Waals surface area (Å²) < 4.78 is 26.5. The lowest BCUT2D eigenvalue weighted by Crippen LogP contribution is -2.14. The second-order valence-electron chi connectivity index (χ2n) is 7.79. The Morgan fingerprint density at radius 1 is 1.06 bits per heavy atom. The van der Waals surface area contributed by atoms with E-state index in [1.807, 2.05) is 37.3 Å². The van der Waals surface area contributed by atoms with Crippen molar-refractivity contribution in [2.75, 3.05) is 11.9 Å². The Morgan fingerprint density at radius 2 is 1.81 bits per heavy atom. The molecular weight excluding hydrogens is 523 g/mol. The van der Waals surface area contributed by atoms with E-state index in [0.717, 1.165) is 16.3 Å². The van der Waals surface area contributed by atoms with Gasteiger partial charge in [-0.2, -0.15) is 5.26 Å². The van der Waals surface area contributed by atoms with Crippen LogP contribution in [0.5, 0.6) is 11.5 Å². The molecule has 0 spiro atoms. The maximum atomic E-state index is 13.9. The molecule has 4 rings (SSSR count). The first kappa shape index (κ1) is 25.0. The third-order valence-corrected chi connectivity index (χ3v) is 5.97. The molecule has 0 heterocycles. The summed E-state index contributed by atoms with van der Waals surface area (Å²) in [4.78, 5) is 12.6. The highest BCUT2D eigenvalue weighted by Crippen LogP contribution is 2.38. The van der Waals surface area contributed by atoms with E-state index in [1.165, 1.54) is 24.3 Å². The topological polar surface area (TPSA) is 71.3 Å². The van der Waals surface area contributed by atoms with Crippen LogP contribution in [0, 0.1) is 17.1 Å². The van der Waals surface area contributed by atoms with Gasteiger partial charge in [-0.1, -0.05) is 54.6 Å². The van der Waals surface area contributed by atoms with Crippen LogP contribution in [0.1, 0.15) is 18.1 Å². The lowest BCUT2D eigenvalue weighted by atomic mass is 10.1. The molecule has 1 N–H and O–H groups in total. The Bertz CT molecular complexity index is 1490. The molecule has 0 aliphatic heterocycles. The Labute approximate surface area is 216 Å². The minimum Gasteiger partial charge on any atom is -0.490 e. The molecule has 0 unspecified atom stereocenters. The second-order valence-corrected chi connectivity index (χ2v) is 8.65. The number of carbonyl (C=O) groups excluding carboxylic acids is 1. The summed E-state index contributed by atoms with van der Waals surface area (Å²) in [5, 5.41) is 14.2. The molecule has 0 atom stereocenters. The van der Waals surface area contributed by atoms with Crippen molar-refractivity contribution in [3.63, 3.8) is 0 Å². The van der Waals surface area contributed by atoms with Gasteiger partial charge in [0, 0.05) is 0 Å². The predicted octanol–water partition coefficient (Wildman–Crippen LogP) is 7.26. The number of halogens is 2. The van der Waals surface area contributed by atoms with E-state index in [9.17, 15) is 14.4 Å². The number of hydrogen-bond acceptors (Lipinski definition) is 4. The number of nitrogens with one attached hydrogen (secondary N) is 1. The molecule has 0 radical (unpaired) electrons. The number of anilines is 1. The van der Waals surface area contributed by atoms with E-state index in [4.69, 9.17) is 9.47 Å². The molecule has 7 heteroatoms. The summed E-state index contributed by atoms with van der Waals surface area (Å²) in [7, 11) is 0. The Balaban J connectivity index is 1.60. The molecule has 5 nitrogen and oxygen atoms in total. The van der Waals surface area contributed by atoms with Gasteiger partial charge in [0.25, 0.3) is 5.91 Å². The van der Waals surface area contributed by atoms with Gasteiger partial charge in [0.1, 0.15) is 24.1 Å². The summed E-state index contributed by atoms with van der Waals surface area (Å²) in [6.45, 7) is 2.57. The zero-order chi connectivity index (χ0) is 25.5. The monoisotopic (exact) mass is 544 g/mol. The SMILES string of the molecule is CCOc1cc(C=C(C#N)C(=O)Nc2ccccc2F)cc(Br)c1OCc1cccc2ccccc12. The third kappa shape index (κ3) is 5.73. The van der Waals surface area contributed by atoms with Gasteiger partial charge in [-0.05, 0) is 75.1 Å². The highest BCUT2D eigenvalue weighted by atomic mass is 79.9. The molecule has 0 saturated carbocycles. The van der Waals surface area contributed by atoms with E-state index in [-0.39, 0.29) is 11.3 Å². The van der Waals surface area contributed by atoms with Gasteiger partial charge in [0.05, 0.1) is 16.8 Å². The first-order valence-electron chi connectivity index (χ1n) is 11.2. The van der Waals surface area contributed by atoms with Crippen LogP contribution < -0.4 is 14.8 Å². The summed E-state index contributed by atoms with van der Waals surface area (Å²) in [5.74, 6) is -0.327. The van der Waals surface area contributed by atoms with Crippen molar-refractivity contribution >= 4 is 44.4 Å². The Morgan fingerprint density at radius 3 is 2.58 bits per heavy atom. The standard InChI is InChI=1S/C29H22BrFN2O3/c1-2-35-27-16-19(14-22(17-32)29(34)33-26-13-6-5-12-25(26)31)15-24(30)28(27)36-18-21-10-7-9-20-8-3-4-11-23(20)21/h3-16H,2,18H2,1H3,(H,33,34). The fourth-order valence-electron chi connectivity index (χ4n) is 3.71. The van der Waals surface area contributed by atoms with Gasteiger partial charge in [-0.3, -0.25) is 4.79 Å². The van der Waals surface area contributed by atoms with Crippen molar-refractivity contribution in [3.8, 4) is 17.6 Å². The van der Waals surface area contributed by atoms with Crippen molar-refractivity contribution in [2.24, 2.45) is 0 Å². The zero-order valence-electron chi connectivity index (χ0n) is 19.4. The van der Waals surface area contributed by atoms with Crippen LogP contribution in [0.15, 0.2) is 88.9 Å². The normalized spacial score (nSPS) is 11.1. The number of benzene rings is 4. The number of rotatable bonds is 8. The van der Waals surface area contributed by atoms with Crippen LogP contribution in [0.3, 0.4) is 0 Å². The van der Waals surface area contributed by atoms with Gasteiger partial charge in [0.15, 0.2) is 11.5 Å². The summed E-state index contributed by atoms with van der Waals surface area (Å²) in [6.07, 6.45) is 1.41. The molecular formula is C29H22BrFN2O3.